The molecule has 6 aromatic rings. The van der Waals surface area contributed by atoms with Gasteiger partial charge in [0.25, 0.3) is 10.0 Å². The van der Waals surface area contributed by atoms with Crippen LogP contribution in [-0.4, -0.2) is 29.0 Å². The molecule has 1 heterocycles. The molecule has 0 amide bonds. The average molecular weight is 767 g/mol. The zero-order valence-electron chi connectivity index (χ0n) is 27.2. The van der Waals surface area contributed by atoms with Gasteiger partial charge in [0.05, 0.1) is 32.4 Å². The lowest BCUT2D eigenvalue weighted by Gasteiger charge is -2.15. The summed E-state index contributed by atoms with van der Waals surface area (Å²) >= 11 is 12.5. The first-order chi connectivity index (χ1) is 24.7. The smallest absolute Gasteiger partial charge is 0.416 e. The molecule has 8 nitrogen and oxygen atoms in total. The number of aryl methyl sites for hydroxylation is 1. The van der Waals surface area contributed by atoms with Gasteiger partial charge in [-0.2, -0.15) is 13.2 Å². The van der Waals surface area contributed by atoms with Crippen molar-refractivity contribution >= 4 is 44.9 Å². The highest BCUT2D eigenvalue weighted by Gasteiger charge is 2.32. The highest BCUT2D eigenvalue weighted by Crippen LogP contribution is 2.36. The molecule has 52 heavy (non-hydrogen) atoms. The SMILES string of the molecule is CCn1cc(-c2ccc(Cl)cc2Cl)nc1Cc1ccc(-c2ccc(Oc3ccc(C(=O)O)cc3NS(=O)(=O)c3cccc(C(F)(F)F)c3)cc2)cc1. The number of hydrogen-bond donors (Lipinski definition) is 2. The number of imidazole rings is 1. The second kappa shape index (κ2) is 14.7. The second-order valence-electron chi connectivity index (χ2n) is 11.6. The Morgan fingerprint density at radius 3 is 2.23 bits per heavy atom. The Balaban J connectivity index is 1.18. The fraction of sp³-hybridized carbons (Fsp3) is 0.105. The second-order valence-corrected chi connectivity index (χ2v) is 14.1. The third kappa shape index (κ3) is 8.25. The number of carboxylic acid groups (broad SMARTS) is 1. The number of carboxylic acids is 1. The number of nitrogens with one attached hydrogen (secondary N) is 1. The molecule has 5 aromatic carbocycles. The number of hydrogen-bond acceptors (Lipinski definition) is 5. The van der Waals surface area contributed by atoms with Crippen molar-refractivity contribution in [2.24, 2.45) is 0 Å². The topological polar surface area (TPSA) is 111 Å². The van der Waals surface area contributed by atoms with Gasteiger partial charge in [-0.25, -0.2) is 18.2 Å². The maximum absolute atomic E-state index is 13.3. The lowest BCUT2D eigenvalue weighted by molar-refractivity contribution is -0.137. The summed E-state index contributed by atoms with van der Waals surface area (Å²) in [6.45, 7) is 2.77. The average Bonchev–Trinajstić information content (AvgIpc) is 3.51. The summed E-state index contributed by atoms with van der Waals surface area (Å²) in [6.07, 6.45) is -2.21. The van der Waals surface area contributed by atoms with Crippen molar-refractivity contribution in [3.63, 3.8) is 0 Å². The van der Waals surface area contributed by atoms with E-state index in [0.717, 1.165) is 64.6 Å². The summed E-state index contributed by atoms with van der Waals surface area (Å²) in [5.74, 6) is -0.231. The van der Waals surface area contributed by atoms with Gasteiger partial charge < -0.3 is 14.4 Å². The Morgan fingerprint density at radius 2 is 1.60 bits per heavy atom. The molecule has 0 atom stereocenters. The van der Waals surface area contributed by atoms with E-state index in [2.05, 4.69) is 9.29 Å². The van der Waals surface area contributed by atoms with Crippen LogP contribution >= 0.6 is 23.2 Å². The summed E-state index contributed by atoms with van der Waals surface area (Å²) in [6, 6.07) is 26.9. The van der Waals surface area contributed by atoms with Crippen molar-refractivity contribution in [2.75, 3.05) is 4.72 Å². The van der Waals surface area contributed by atoms with Crippen molar-refractivity contribution in [1.82, 2.24) is 9.55 Å². The molecule has 0 saturated carbocycles. The molecule has 0 aliphatic carbocycles. The molecule has 0 saturated heterocycles. The quantitative estimate of drug-likeness (QED) is 0.136. The van der Waals surface area contributed by atoms with Crippen LogP contribution in [0.15, 0.2) is 120 Å². The third-order valence-electron chi connectivity index (χ3n) is 8.08. The van der Waals surface area contributed by atoms with Gasteiger partial charge in [-0.15, -0.1) is 0 Å². The van der Waals surface area contributed by atoms with Gasteiger partial charge in [-0.05, 0) is 90.3 Å². The number of carbonyl (C=O) groups is 1. The number of nitrogens with zero attached hydrogens (tertiary/aromatic N) is 2. The minimum absolute atomic E-state index is 0.0652. The molecule has 0 aliphatic rings. The van der Waals surface area contributed by atoms with Gasteiger partial charge in [0.15, 0.2) is 5.75 Å². The molecular formula is C38H28Cl2F3N3O5S. The van der Waals surface area contributed by atoms with Crippen LogP contribution in [0.4, 0.5) is 18.9 Å². The fourth-order valence-corrected chi connectivity index (χ4v) is 7.02. The first-order valence-corrected chi connectivity index (χ1v) is 17.9. The first kappa shape index (κ1) is 36.5. The maximum Gasteiger partial charge on any atom is 0.416 e. The summed E-state index contributed by atoms with van der Waals surface area (Å²) in [7, 11) is -4.58. The van der Waals surface area contributed by atoms with Crippen LogP contribution in [-0.2, 0) is 29.2 Å². The Hall–Kier alpha value is -5.30. The molecule has 14 heteroatoms. The van der Waals surface area contributed by atoms with E-state index in [1.54, 1.807) is 36.4 Å². The van der Waals surface area contributed by atoms with Gasteiger partial charge in [-0.3, -0.25) is 4.72 Å². The fourth-order valence-electron chi connectivity index (χ4n) is 5.41. The normalized spacial score (nSPS) is 11.7. The molecule has 0 spiro atoms. The number of ether oxygens (including phenoxy) is 1. The largest absolute Gasteiger partial charge is 0.478 e. The zero-order chi connectivity index (χ0) is 37.2. The van der Waals surface area contributed by atoms with Crippen molar-refractivity contribution < 1.29 is 36.2 Å². The minimum Gasteiger partial charge on any atom is -0.478 e. The van der Waals surface area contributed by atoms with Gasteiger partial charge >= 0.3 is 12.1 Å². The molecule has 0 fully saturated rings. The molecule has 2 N–H and O–H groups in total. The minimum atomic E-state index is -4.77. The van der Waals surface area contributed by atoms with E-state index in [1.165, 1.54) is 12.1 Å². The van der Waals surface area contributed by atoms with Gasteiger partial charge in [0, 0.05) is 29.7 Å². The maximum atomic E-state index is 13.3. The van der Waals surface area contributed by atoms with Crippen LogP contribution in [0.3, 0.4) is 0 Å². The Morgan fingerprint density at radius 1 is 0.904 bits per heavy atom. The lowest BCUT2D eigenvalue weighted by Crippen LogP contribution is -2.15. The van der Waals surface area contributed by atoms with E-state index in [9.17, 15) is 31.5 Å². The first-order valence-electron chi connectivity index (χ1n) is 15.7. The number of alkyl halides is 3. The number of rotatable bonds is 11. The molecule has 0 aliphatic heterocycles. The van der Waals surface area contributed by atoms with E-state index >= 15 is 0 Å². The third-order valence-corrected chi connectivity index (χ3v) is 9.99. The van der Waals surface area contributed by atoms with Crippen LogP contribution in [0.25, 0.3) is 22.4 Å². The number of aromatic carboxylic acids is 1. The van der Waals surface area contributed by atoms with Gasteiger partial charge in [0.1, 0.15) is 11.6 Å². The van der Waals surface area contributed by atoms with E-state index in [1.807, 2.05) is 43.5 Å². The molecule has 0 radical (unpaired) electrons. The number of sulfonamides is 1. The number of aromatic nitrogens is 2. The summed E-state index contributed by atoms with van der Waals surface area (Å²) in [5.41, 5.74) is 2.69. The Kier molecular flexibility index (Phi) is 10.3. The van der Waals surface area contributed by atoms with Crippen LogP contribution in [0.2, 0.25) is 10.0 Å². The van der Waals surface area contributed by atoms with E-state index in [4.69, 9.17) is 32.9 Å². The Bertz CT molecular complexity index is 2380. The van der Waals surface area contributed by atoms with Crippen LogP contribution in [0.5, 0.6) is 11.5 Å². The molecule has 0 bridgehead atoms. The van der Waals surface area contributed by atoms with Crippen molar-refractivity contribution in [2.45, 2.75) is 31.0 Å². The van der Waals surface area contributed by atoms with Crippen LogP contribution in [0, 0.1) is 0 Å². The monoisotopic (exact) mass is 765 g/mol. The molecular weight excluding hydrogens is 738 g/mol. The number of benzene rings is 5. The van der Waals surface area contributed by atoms with Crippen molar-refractivity contribution in [3.05, 3.63) is 148 Å². The predicted molar refractivity (Wildman–Crippen MR) is 194 cm³/mol. The Labute approximate surface area is 307 Å². The van der Waals surface area contributed by atoms with Gasteiger partial charge in [-0.1, -0.05) is 65.7 Å². The van der Waals surface area contributed by atoms with Crippen molar-refractivity contribution in [1.29, 1.82) is 0 Å². The highest BCUT2D eigenvalue weighted by molar-refractivity contribution is 7.92. The van der Waals surface area contributed by atoms with Crippen LogP contribution < -0.4 is 9.46 Å². The summed E-state index contributed by atoms with van der Waals surface area (Å²) in [5, 5.41) is 10.6. The number of halogens is 5. The molecule has 266 valence electrons. The highest BCUT2D eigenvalue weighted by atomic mass is 35.5. The summed E-state index contributed by atoms with van der Waals surface area (Å²) in [4.78, 5) is 15.8. The van der Waals surface area contributed by atoms with E-state index in [0.29, 0.717) is 28.3 Å². The predicted octanol–water partition coefficient (Wildman–Crippen LogP) is 10.4. The molecule has 6 rings (SSSR count). The van der Waals surface area contributed by atoms with E-state index < -0.39 is 32.6 Å². The lowest BCUT2D eigenvalue weighted by atomic mass is 10.0. The standard InChI is InChI=1S/C38H28Cl2F3N3O5S/c1-2-46-22-34(31-16-13-28(39)21-32(31)40)44-36(46)18-23-6-8-24(9-7-23)25-10-14-29(15-11-25)51-35-17-12-26(37(47)48)19-33(35)45-52(49,50)30-5-3-4-27(20-30)38(41,42)43/h3-17,19-22,45H,2,18H2,1H3,(H,47,48). The van der Waals surface area contributed by atoms with E-state index in [-0.39, 0.29) is 17.0 Å². The number of anilines is 1. The van der Waals surface area contributed by atoms with Crippen LogP contribution in [0.1, 0.15) is 34.2 Å². The summed E-state index contributed by atoms with van der Waals surface area (Å²) < 4.78 is 76.2. The van der Waals surface area contributed by atoms with Gasteiger partial charge in [0.2, 0.25) is 0 Å². The zero-order valence-corrected chi connectivity index (χ0v) is 29.5. The van der Waals surface area contributed by atoms with Crippen molar-refractivity contribution in [3.8, 4) is 33.9 Å². The molecule has 0 unspecified atom stereocenters. The molecule has 1 aromatic heterocycles.